The van der Waals surface area contributed by atoms with Crippen molar-refractivity contribution in [2.75, 3.05) is 19.5 Å². The predicted octanol–water partition coefficient (Wildman–Crippen LogP) is 2.16. The zero-order valence-electron chi connectivity index (χ0n) is 11.9. The van der Waals surface area contributed by atoms with Crippen LogP contribution in [0.1, 0.15) is 18.4 Å². The number of thiocarbonyl (C=S) groups is 1. The molecule has 0 heterocycles. The van der Waals surface area contributed by atoms with Gasteiger partial charge in [0.2, 0.25) is 0 Å². The Kier molecular flexibility index (Phi) is 4.63. The fourth-order valence-corrected chi connectivity index (χ4v) is 5.62. The molecule has 0 amide bonds. The lowest BCUT2D eigenvalue weighted by molar-refractivity contribution is 0.166. The van der Waals surface area contributed by atoms with E-state index in [1.54, 1.807) is 19.1 Å². The van der Waals surface area contributed by atoms with Crippen LogP contribution in [0.5, 0.6) is 0 Å². The van der Waals surface area contributed by atoms with E-state index in [0.717, 1.165) is 5.56 Å². The third-order valence-electron chi connectivity index (χ3n) is 4.12. The summed E-state index contributed by atoms with van der Waals surface area (Å²) in [5.41, 5.74) is 5.92. The maximum Gasteiger partial charge on any atom is 0.154 e. The van der Waals surface area contributed by atoms with E-state index in [1.807, 2.05) is 12.1 Å². The van der Waals surface area contributed by atoms with Crippen molar-refractivity contribution in [3.8, 4) is 0 Å². The number of nitrogens with two attached hydrogens (primary N) is 1. The van der Waals surface area contributed by atoms with Crippen LogP contribution in [0.25, 0.3) is 0 Å². The molecule has 4 nitrogen and oxygen atoms in total. The lowest BCUT2D eigenvalue weighted by atomic mass is 10.00. The van der Waals surface area contributed by atoms with Gasteiger partial charge in [0.15, 0.2) is 9.84 Å². The highest BCUT2D eigenvalue weighted by atomic mass is 35.5. The summed E-state index contributed by atoms with van der Waals surface area (Å²) in [6.07, 6.45) is 0. The van der Waals surface area contributed by atoms with Gasteiger partial charge in [-0.1, -0.05) is 42.9 Å². The number of rotatable bonds is 6. The van der Waals surface area contributed by atoms with Crippen LogP contribution in [-0.2, 0) is 14.6 Å². The van der Waals surface area contributed by atoms with Crippen LogP contribution >= 0.6 is 23.8 Å². The summed E-state index contributed by atoms with van der Waals surface area (Å²) in [5, 5.41) is -0.0319. The lowest BCUT2D eigenvalue weighted by Gasteiger charge is -2.15. The molecule has 116 valence electrons. The summed E-state index contributed by atoms with van der Waals surface area (Å²) >= 11 is 11.1. The maximum absolute atomic E-state index is 12.4. The van der Waals surface area contributed by atoms with E-state index in [-0.39, 0.29) is 23.3 Å². The Labute approximate surface area is 135 Å². The zero-order valence-corrected chi connectivity index (χ0v) is 14.3. The van der Waals surface area contributed by atoms with Gasteiger partial charge in [-0.2, -0.15) is 0 Å². The second kappa shape index (κ2) is 5.83. The highest BCUT2D eigenvalue weighted by molar-refractivity contribution is 7.92. The van der Waals surface area contributed by atoms with Gasteiger partial charge >= 0.3 is 0 Å². The summed E-state index contributed by atoms with van der Waals surface area (Å²) in [6.45, 7) is 1.82. The van der Waals surface area contributed by atoms with Gasteiger partial charge in [-0.25, -0.2) is 8.42 Å². The molecule has 1 aromatic carbocycles. The lowest BCUT2D eigenvalue weighted by Crippen LogP contribution is -2.33. The average Bonchev–Trinajstić information content (AvgIpc) is 3.11. The van der Waals surface area contributed by atoms with E-state index in [2.05, 4.69) is 0 Å². The Morgan fingerprint density at radius 3 is 2.43 bits per heavy atom. The minimum absolute atomic E-state index is 0.0514. The van der Waals surface area contributed by atoms with E-state index < -0.39 is 20.5 Å². The number of sulfone groups is 1. The van der Waals surface area contributed by atoms with Crippen molar-refractivity contribution < 1.29 is 13.2 Å². The monoisotopic (exact) mass is 347 g/mol. The molecule has 0 radical (unpaired) electrons. The standard InChI is InChI=1S/C14H18ClNO3S2/c1-3-21(17,18)12-11(9-4-6-10(15)7-5-9)14(12,8-19-2)13(16)20/h4-7,11-12H,3,8H2,1-2H3,(H2,16,20)/t11-,12+,14-/m1/s1. The summed E-state index contributed by atoms with van der Waals surface area (Å²) in [6, 6.07) is 7.12. The molecule has 1 aromatic rings. The largest absolute Gasteiger partial charge is 0.393 e. The Balaban J connectivity index is 2.51. The van der Waals surface area contributed by atoms with Gasteiger partial charge < -0.3 is 10.5 Å². The normalized spacial score (nSPS) is 28.3. The number of methoxy groups -OCH3 is 1. The first-order valence-electron chi connectivity index (χ1n) is 6.57. The highest BCUT2D eigenvalue weighted by Crippen LogP contribution is 2.63. The number of benzene rings is 1. The molecule has 0 saturated heterocycles. The molecule has 3 atom stereocenters. The zero-order chi connectivity index (χ0) is 15.8. The fraction of sp³-hybridized carbons (Fsp3) is 0.500. The van der Waals surface area contributed by atoms with E-state index in [0.29, 0.717) is 5.02 Å². The second-order valence-electron chi connectivity index (χ2n) is 5.24. The molecular weight excluding hydrogens is 330 g/mol. The molecule has 0 unspecified atom stereocenters. The Morgan fingerprint density at radius 2 is 2.00 bits per heavy atom. The first kappa shape index (κ1) is 16.7. The van der Waals surface area contributed by atoms with E-state index >= 15 is 0 Å². The van der Waals surface area contributed by atoms with Crippen LogP contribution in [-0.4, -0.2) is 38.1 Å². The van der Waals surface area contributed by atoms with Gasteiger partial charge in [0.25, 0.3) is 0 Å². The van der Waals surface area contributed by atoms with Gasteiger partial charge in [0, 0.05) is 23.8 Å². The van der Waals surface area contributed by atoms with E-state index in [4.69, 9.17) is 34.3 Å². The van der Waals surface area contributed by atoms with Crippen molar-refractivity contribution in [2.45, 2.75) is 18.1 Å². The van der Waals surface area contributed by atoms with Gasteiger partial charge in [-0.15, -0.1) is 0 Å². The predicted molar refractivity (Wildman–Crippen MR) is 88.5 cm³/mol. The van der Waals surface area contributed by atoms with Crippen LogP contribution in [0.4, 0.5) is 0 Å². The number of hydrogen-bond donors (Lipinski definition) is 1. The highest BCUT2D eigenvalue weighted by Gasteiger charge is 2.72. The first-order chi connectivity index (χ1) is 9.81. The second-order valence-corrected chi connectivity index (χ2v) is 8.53. The van der Waals surface area contributed by atoms with Crippen molar-refractivity contribution >= 4 is 38.6 Å². The Hall–Kier alpha value is -0.690. The molecule has 1 saturated carbocycles. The third-order valence-corrected chi connectivity index (χ3v) is 7.02. The van der Waals surface area contributed by atoms with Crippen molar-refractivity contribution in [2.24, 2.45) is 11.1 Å². The van der Waals surface area contributed by atoms with Gasteiger partial charge in [-0.3, -0.25) is 0 Å². The SMILES string of the molecule is CCS(=O)(=O)[C@H]1[C@@H](c2ccc(Cl)cc2)[C@@]1(COC)C(N)=S. The molecule has 2 rings (SSSR count). The van der Waals surface area contributed by atoms with E-state index in [1.165, 1.54) is 7.11 Å². The molecule has 1 aliphatic carbocycles. The first-order valence-corrected chi connectivity index (χ1v) is 9.07. The van der Waals surface area contributed by atoms with Crippen LogP contribution < -0.4 is 5.73 Å². The minimum atomic E-state index is -3.29. The summed E-state index contributed by atoms with van der Waals surface area (Å²) < 4.78 is 30.0. The number of hydrogen-bond acceptors (Lipinski definition) is 4. The molecule has 1 aliphatic rings. The van der Waals surface area contributed by atoms with Crippen molar-refractivity contribution in [1.82, 2.24) is 0 Å². The molecule has 0 bridgehead atoms. The third kappa shape index (κ3) is 2.70. The Morgan fingerprint density at radius 1 is 1.43 bits per heavy atom. The van der Waals surface area contributed by atoms with Crippen LogP contribution in [0.2, 0.25) is 5.02 Å². The van der Waals surface area contributed by atoms with E-state index in [9.17, 15) is 8.42 Å². The molecule has 0 spiro atoms. The molecule has 1 fully saturated rings. The summed E-state index contributed by atoms with van der Waals surface area (Å²) in [7, 11) is -1.77. The van der Waals surface area contributed by atoms with Crippen molar-refractivity contribution in [3.63, 3.8) is 0 Å². The molecule has 0 aliphatic heterocycles. The molecular formula is C14H18ClNO3S2. The minimum Gasteiger partial charge on any atom is -0.393 e. The summed E-state index contributed by atoms with van der Waals surface area (Å²) in [4.78, 5) is 0.186. The van der Waals surface area contributed by atoms with Crippen molar-refractivity contribution in [1.29, 1.82) is 0 Å². The number of ether oxygens (including phenoxy) is 1. The quantitative estimate of drug-likeness (QED) is 0.798. The molecule has 7 heteroatoms. The van der Waals surface area contributed by atoms with Crippen molar-refractivity contribution in [3.05, 3.63) is 34.9 Å². The maximum atomic E-state index is 12.4. The van der Waals surface area contributed by atoms with Gasteiger partial charge in [-0.05, 0) is 17.7 Å². The summed E-state index contributed by atoms with van der Waals surface area (Å²) in [5.74, 6) is -0.229. The molecule has 21 heavy (non-hydrogen) atoms. The smallest absolute Gasteiger partial charge is 0.154 e. The fourth-order valence-electron chi connectivity index (χ4n) is 3.03. The average molecular weight is 348 g/mol. The van der Waals surface area contributed by atoms with Gasteiger partial charge in [0.1, 0.15) is 0 Å². The van der Waals surface area contributed by atoms with Crippen LogP contribution in [0.15, 0.2) is 24.3 Å². The van der Waals surface area contributed by atoms with Crippen LogP contribution in [0.3, 0.4) is 0 Å². The Bertz CT molecular complexity index is 645. The van der Waals surface area contributed by atoms with Gasteiger partial charge in [0.05, 0.1) is 22.3 Å². The number of halogens is 1. The topological polar surface area (TPSA) is 69.4 Å². The molecule has 2 N–H and O–H groups in total. The molecule has 0 aromatic heterocycles. The van der Waals surface area contributed by atoms with Crippen LogP contribution in [0, 0.1) is 5.41 Å².